The number of methoxy groups -OCH3 is 5. The highest BCUT2D eigenvalue weighted by Gasteiger charge is 2.37. The van der Waals surface area contributed by atoms with Crippen LogP contribution in [0, 0.1) is 0 Å². The molecule has 3 rings (SSSR count). The third kappa shape index (κ3) is 17.4. The number of carbonyl (C=O) groups is 8. The lowest BCUT2D eigenvalue weighted by molar-refractivity contribution is -0.147. The molecule has 1 aromatic carbocycles. The topological polar surface area (TPSA) is 343 Å². The van der Waals surface area contributed by atoms with Crippen LogP contribution in [-0.4, -0.2) is 197 Å². The molecule has 71 heavy (non-hydrogen) atoms. The van der Waals surface area contributed by atoms with E-state index in [1.165, 1.54) is 0 Å². The molecule has 1 fully saturated rings. The van der Waals surface area contributed by atoms with Crippen LogP contribution in [-0.2, 0) is 68.5 Å². The van der Waals surface area contributed by atoms with Crippen LogP contribution in [0.5, 0.6) is 0 Å². The summed E-state index contributed by atoms with van der Waals surface area (Å²) in [7, 11) is 4.94. The van der Waals surface area contributed by atoms with E-state index < -0.39 is 115 Å². The van der Waals surface area contributed by atoms with E-state index in [1.807, 2.05) is 0 Å². The number of thiocarbonyl (C=S) groups is 1. The van der Waals surface area contributed by atoms with Crippen molar-refractivity contribution in [2.45, 2.75) is 69.1 Å². The number of esters is 5. The van der Waals surface area contributed by atoms with Crippen molar-refractivity contribution in [3.05, 3.63) is 61.3 Å². The Bertz CT molecular complexity index is 2340. The molecule has 2 aromatic rings. The number of anilines is 1. The number of carboxylic acid groups (broad SMARTS) is 3. The van der Waals surface area contributed by atoms with Crippen LogP contribution < -0.4 is 27.7 Å². The number of hydrogen-bond acceptors (Lipinski definition) is 20. The molecule has 2 heterocycles. The van der Waals surface area contributed by atoms with Crippen molar-refractivity contribution >= 4 is 70.8 Å². The van der Waals surface area contributed by atoms with Crippen molar-refractivity contribution in [3.63, 3.8) is 0 Å². The Morgan fingerprint density at radius 2 is 1.03 bits per heavy atom. The molecule has 0 saturated carbocycles. The van der Waals surface area contributed by atoms with E-state index in [4.69, 9.17) is 26.4 Å². The van der Waals surface area contributed by atoms with Gasteiger partial charge < -0.3 is 49.6 Å². The molecular formula is C43H60N8O19S. The number of rotatable bonds is 25. The van der Waals surface area contributed by atoms with Gasteiger partial charge in [0.15, 0.2) is 5.11 Å². The van der Waals surface area contributed by atoms with Gasteiger partial charge in [-0.25, -0.2) is 42.5 Å². The number of aromatic nitrogens is 3. The van der Waals surface area contributed by atoms with Crippen LogP contribution >= 0.6 is 12.2 Å². The Morgan fingerprint density at radius 3 is 1.46 bits per heavy atom. The highest BCUT2D eigenvalue weighted by atomic mass is 32.1. The first-order valence-corrected chi connectivity index (χ1v) is 22.4. The number of benzene rings is 1. The van der Waals surface area contributed by atoms with Gasteiger partial charge in [-0.1, -0.05) is 12.1 Å². The maximum absolute atomic E-state index is 14.3. The molecule has 0 radical (unpaired) electrons. The molecule has 0 spiro atoms. The quantitative estimate of drug-likeness (QED) is 0.0313. The molecule has 1 aromatic heterocycles. The van der Waals surface area contributed by atoms with E-state index in [-0.39, 0.29) is 86.0 Å². The molecule has 1 aliphatic rings. The minimum atomic E-state index is -1.90. The van der Waals surface area contributed by atoms with Crippen molar-refractivity contribution in [3.8, 4) is 0 Å². The third-order valence-electron chi connectivity index (χ3n) is 11.4. The standard InChI is InChI=1S/C43H60N8O19S/c1-66-35(58)14-12-30(38(61)69-4)50-41(63)49(42(64)51(43(50)65)31(39(62)70-5)13-15-36(59)67-2)29(37(60)68-3)7-6-16-44-40(71)45-27-10-8-26(9-11-27)21-28-22-47(24-33(54)55)18-17-46(23-32(52)53)19-20-48(28)25-34(56)57/h8-11,28-31H,6-7,12-25H2,1-5H3,(H,52,53)(H,54,55)(H,56,57)(H2,44,45,71). The zero-order valence-electron chi connectivity index (χ0n) is 39.9. The fraction of sp³-hybridized carbons (Fsp3) is 0.581. The van der Waals surface area contributed by atoms with Crippen LogP contribution in [0.15, 0.2) is 38.6 Å². The van der Waals surface area contributed by atoms with Gasteiger partial charge in [-0.2, -0.15) is 0 Å². The number of nitrogens with zero attached hydrogens (tertiary/aromatic N) is 6. The van der Waals surface area contributed by atoms with Crippen molar-refractivity contribution < 1.29 is 77.4 Å². The molecule has 0 aliphatic carbocycles. The minimum Gasteiger partial charge on any atom is -0.480 e. The Morgan fingerprint density at radius 1 is 0.606 bits per heavy atom. The molecule has 28 heteroatoms. The van der Waals surface area contributed by atoms with Gasteiger partial charge in [0, 0.05) is 63.8 Å². The molecule has 1 aliphatic heterocycles. The van der Waals surface area contributed by atoms with Crippen LogP contribution in [0.2, 0.25) is 0 Å². The average Bonchev–Trinajstić information content (AvgIpc) is 3.39. The lowest BCUT2D eigenvalue weighted by atomic mass is 10.0. The van der Waals surface area contributed by atoms with Crippen molar-refractivity contribution in [2.75, 3.05) is 99.8 Å². The first-order valence-electron chi connectivity index (χ1n) is 22.0. The molecule has 4 atom stereocenters. The largest absolute Gasteiger partial charge is 0.480 e. The number of hydrogen-bond donors (Lipinski definition) is 5. The molecule has 1 saturated heterocycles. The van der Waals surface area contributed by atoms with E-state index >= 15 is 0 Å². The van der Waals surface area contributed by atoms with E-state index in [0.29, 0.717) is 16.7 Å². The summed E-state index contributed by atoms with van der Waals surface area (Å²) >= 11 is 5.48. The number of nitrogens with one attached hydrogen (secondary N) is 2. The zero-order valence-corrected chi connectivity index (χ0v) is 40.7. The predicted molar refractivity (Wildman–Crippen MR) is 250 cm³/mol. The summed E-state index contributed by atoms with van der Waals surface area (Å²) in [5.74, 6) is -8.54. The van der Waals surface area contributed by atoms with Gasteiger partial charge in [-0.05, 0) is 62.0 Å². The van der Waals surface area contributed by atoms with Gasteiger partial charge in [-0.15, -0.1) is 0 Å². The van der Waals surface area contributed by atoms with Crippen molar-refractivity contribution in [1.29, 1.82) is 0 Å². The lowest BCUT2D eigenvalue weighted by Gasteiger charge is -2.33. The second-order valence-corrected chi connectivity index (χ2v) is 16.5. The maximum atomic E-state index is 14.3. The monoisotopic (exact) mass is 1020 g/mol. The summed E-state index contributed by atoms with van der Waals surface area (Å²) in [6, 6.07) is 0.846. The summed E-state index contributed by atoms with van der Waals surface area (Å²) in [5.41, 5.74) is -3.26. The van der Waals surface area contributed by atoms with Gasteiger partial charge in [0.2, 0.25) is 0 Å². The highest BCUT2D eigenvalue weighted by molar-refractivity contribution is 7.80. The van der Waals surface area contributed by atoms with E-state index in [9.17, 15) is 68.1 Å². The van der Waals surface area contributed by atoms with Gasteiger partial charge in [0.05, 0.1) is 55.2 Å². The van der Waals surface area contributed by atoms with Gasteiger partial charge in [-0.3, -0.25) is 38.7 Å². The average molecular weight is 1030 g/mol. The molecule has 0 amide bonds. The number of aliphatic carboxylic acids is 3. The lowest BCUT2D eigenvalue weighted by Crippen LogP contribution is -2.59. The first-order chi connectivity index (χ1) is 33.7. The first kappa shape index (κ1) is 58.3. The van der Waals surface area contributed by atoms with Crippen molar-refractivity contribution in [2.24, 2.45) is 0 Å². The fourth-order valence-electron chi connectivity index (χ4n) is 7.85. The Labute approximate surface area is 411 Å². The molecule has 27 nitrogen and oxygen atoms in total. The summed E-state index contributed by atoms with van der Waals surface area (Å²) in [6.07, 6.45) is -2.27. The van der Waals surface area contributed by atoms with Crippen LogP contribution in [0.3, 0.4) is 0 Å². The smallest absolute Gasteiger partial charge is 0.337 e. The second kappa shape index (κ2) is 28.6. The molecule has 0 bridgehead atoms. The summed E-state index contributed by atoms with van der Waals surface area (Å²) in [5, 5.41) is 34.7. The van der Waals surface area contributed by atoms with Gasteiger partial charge in [0.1, 0.15) is 18.1 Å². The Kier molecular flexibility index (Phi) is 23.5. The summed E-state index contributed by atoms with van der Waals surface area (Å²) < 4.78 is 24.7. The normalized spacial score (nSPS) is 15.8. The Hall–Kier alpha value is -7.04. The summed E-state index contributed by atoms with van der Waals surface area (Å²) in [4.78, 5) is 147. The maximum Gasteiger partial charge on any atom is 0.337 e. The number of ether oxygens (including phenoxy) is 5. The number of carboxylic acids is 3. The van der Waals surface area contributed by atoms with Gasteiger partial charge >= 0.3 is 64.8 Å². The van der Waals surface area contributed by atoms with Gasteiger partial charge in [0.25, 0.3) is 0 Å². The number of carbonyl (C=O) groups excluding carboxylic acids is 5. The molecule has 4 unspecified atom stereocenters. The highest BCUT2D eigenvalue weighted by Crippen LogP contribution is 2.20. The summed E-state index contributed by atoms with van der Waals surface area (Å²) in [6.45, 7) is 0.175. The predicted octanol–water partition coefficient (Wildman–Crippen LogP) is -1.93. The van der Waals surface area contributed by atoms with Crippen LogP contribution in [0.4, 0.5) is 5.69 Å². The second-order valence-electron chi connectivity index (χ2n) is 16.0. The minimum absolute atomic E-state index is 0.00560. The van der Waals surface area contributed by atoms with Crippen LogP contribution in [0.1, 0.15) is 62.2 Å². The van der Waals surface area contributed by atoms with E-state index in [0.717, 1.165) is 41.1 Å². The third-order valence-corrected chi connectivity index (χ3v) is 11.6. The van der Waals surface area contributed by atoms with Crippen molar-refractivity contribution in [1.82, 2.24) is 33.7 Å². The van der Waals surface area contributed by atoms with E-state index in [2.05, 4.69) is 20.1 Å². The Balaban J connectivity index is 1.91. The molecule has 392 valence electrons. The SMILES string of the molecule is COC(=O)CCC(C(=O)OC)n1c(=O)n(C(CCCNC(=S)Nc2ccc(CC3CN(CC(=O)O)CCN(CC(=O)O)CCN3CC(=O)O)cc2)C(=O)OC)c(=O)n(C(CCC(=O)OC)C(=O)OC)c1=O. The van der Waals surface area contributed by atoms with E-state index in [1.54, 1.807) is 39.0 Å². The fourth-order valence-corrected chi connectivity index (χ4v) is 8.07. The molecule has 5 N–H and O–H groups in total. The zero-order chi connectivity index (χ0) is 52.9. The molecular weight excluding hydrogens is 965 g/mol. The van der Waals surface area contributed by atoms with Crippen LogP contribution in [0.25, 0.3) is 0 Å².